The molecule has 0 aromatic heterocycles. The molecule has 0 aliphatic rings. The third kappa shape index (κ3) is 2.01. The van der Waals surface area contributed by atoms with Gasteiger partial charge in [0.15, 0.2) is 0 Å². The quantitative estimate of drug-likeness (QED) is 0.467. The lowest BCUT2D eigenvalue weighted by Crippen LogP contribution is -2.08. The molecule has 0 aliphatic carbocycles. The lowest BCUT2D eigenvalue weighted by molar-refractivity contribution is 1.24. The van der Waals surface area contributed by atoms with Crippen LogP contribution in [-0.4, -0.2) is 10.2 Å². The van der Waals surface area contributed by atoms with E-state index in [-0.39, 0.29) is 0 Å². The monoisotopic (exact) mass is 190 g/mol. The zero-order valence-electron chi connectivity index (χ0n) is 5.64. The summed E-state index contributed by atoms with van der Waals surface area (Å²) in [4.78, 5) is 0. The molecule has 3 heteroatoms. The van der Waals surface area contributed by atoms with Crippen molar-refractivity contribution in [3.05, 3.63) is 35.9 Å². The summed E-state index contributed by atoms with van der Waals surface area (Å²) >= 11 is 11.8. The molecule has 0 heterocycles. The predicted molar refractivity (Wildman–Crippen MR) is 49.8 cm³/mol. The van der Waals surface area contributed by atoms with Crippen molar-refractivity contribution in [3.8, 4) is 0 Å². The Labute approximate surface area is 73.6 Å². The number of hydrogen-bond donors (Lipinski definition) is 0. The van der Waals surface area contributed by atoms with Gasteiger partial charge in [-0.15, -0.1) is 23.2 Å². The summed E-state index contributed by atoms with van der Waals surface area (Å²) < 4.78 is -0.624. The van der Waals surface area contributed by atoms with Crippen molar-refractivity contribution in [2.24, 2.45) is 0 Å². The molecule has 54 valence electrons. The highest BCUT2D eigenvalue weighted by Gasteiger charge is 2.17. The molecule has 1 aromatic rings. The molecule has 0 radical (unpaired) electrons. The minimum atomic E-state index is -0.624. The van der Waals surface area contributed by atoms with Gasteiger partial charge in [-0.25, -0.2) is 0 Å². The van der Waals surface area contributed by atoms with Crippen molar-refractivity contribution >= 4 is 33.4 Å². The average Bonchev–Trinajstić information content (AvgIpc) is 1.88. The fourth-order valence-electron chi connectivity index (χ4n) is 0.731. The highest BCUT2D eigenvalue weighted by molar-refractivity contribution is 6.64. The van der Waals surface area contributed by atoms with E-state index in [0.29, 0.717) is 0 Å². The fraction of sp³-hybridized carbons (Fsp3) is 0.143. The van der Waals surface area contributed by atoms with Gasteiger partial charge < -0.3 is 0 Å². The molecular weight excluding hydrogens is 183 g/mol. The summed E-state index contributed by atoms with van der Waals surface area (Å²) in [6, 6.07) is 9.70. The van der Waals surface area contributed by atoms with E-state index >= 15 is 0 Å². The Hall–Kier alpha value is 0.0169. The molecule has 0 spiro atoms. The minimum Gasteiger partial charge on any atom is -0.102 e. The van der Waals surface area contributed by atoms with Gasteiger partial charge in [0.1, 0.15) is 3.96 Å². The molecule has 0 nitrogen and oxygen atoms in total. The van der Waals surface area contributed by atoms with Gasteiger partial charge in [0.05, 0.1) is 10.2 Å². The Balaban J connectivity index is 2.97. The van der Waals surface area contributed by atoms with Crippen molar-refractivity contribution in [2.75, 3.05) is 0 Å². The second-order valence-electron chi connectivity index (χ2n) is 2.25. The minimum absolute atomic E-state index is 0.624. The van der Waals surface area contributed by atoms with E-state index in [0.717, 1.165) is 15.8 Å². The Morgan fingerprint density at radius 3 is 1.90 bits per heavy atom. The fourth-order valence-corrected chi connectivity index (χ4v) is 1.32. The maximum atomic E-state index is 5.89. The van der Waals surface area contributed by atoms with Crippen LogP contribution in [0, 0.1) is 0 Å². The van der Waals surface area contributed by atoms with Crippen LogP contribution in [0.15, 0.2) is 30.3 Å². The van der Waals surface area contributed by atoms with E-state index < -0.39 is 3.96 Å². The van der Waals surface area contributed by atoms with Gasteiger partial charge in [0.25, 0.3) is 0 Å². The van der Waals surface area contributed by atoms with Gasteiger partial charge in [-0.05, 0) is 5.56 Å². The molecular formula is C7H8Cl2Si. The van der Waals surface area contributed by atoms with Gasteiger partial charge >= 0.3 is 0 Å². The van der Waals surface area contributed by atoms with Gasteiger partial charge in [0.2, 0.25) is 0 Å². The van der Waals surface area contributed by atoms with Crippen molar-refractivity contribution in [3.63, 3.8) is 0 Å². The third-order valence-electron chi connectivity index (χ3n) is 1.28. The lowest BCUT2D eigenvalue weighted by atomic mass is 10.2. The zero-order chi connectivity index (χ0) is 7.61. The maximum Gasteiger partial charge on any atom is 0.121 e. The third-order valence-corrected chi connectivity index (χ3v) is 2.29. The maximum absolute atomic E-state index is 5.89. The van der Waals surface area contributed by atoms with Gasteiger partial charge in [0, 0.05) is 0 Å². The molecule has 0 amide bonds. The molecule has 0 bridgehead atoms. The van der Waals surface area contributed by atoms with E-state index in [1.165, 1.54) is 0 Å². The summed E-state index contributed by atoms with van der Waals surface area (Å²) in [5.41, 5.74) is 0.991. The summed E-state index contributed by atoms with van der Waals surface area (Å²) in [6.07, 6.45) is 0. The molecule has 0 atom stereocenters. The van der Waals surface area contributed by atoms with Crippen LogP contribution in [0.25, 0.3) is 0 Å². The van der Waals surface area contributed by atoms with Gasteiger partial charge in [-0.1, -0.05) is 30.3 Å². The van der Waals surface area contributed by atoms with Crippen LogP contribution in [0.2, 0.25) is 0 Å². The van der Waals surface area contributed by atoms with Crippen molar-refractivity contribution in [2.45, 2.75) is 3.96 Å². The molecule has 1 aromatic carbocycles. The van der Waals surface area contributed by atoms with Crippen molar-refractivity contribution in [1.29, 1.82) is 0 Å². The Bertz CT molecular complexity index is 203. The van der Waals surface area contributed by atoms with Crippen LogP contribution < -0.4 is 0 Å². The zero-order valence-corrected chi connectivity index (χ0v) is 9.15. The molecule has 0 unspecified atom stereocenters. The van der Waals surface area contributed by atoms with Crippen LogP contribution in [0.4, 0.5) is 0 Å². The van der Waals surface area contributed by atoms with E-state index in [2.05, 4.69) is 0 Å². The number of rotatable bonds is 1. The first-order valence-corrected chi connectivity index (χ1v) is 4.79. The summed E-state index contributed by atoms with van der Waals surface area (Å²) in [7, 11) is 0.746. The SMILES string of the molecule is [SiH3]C(Cl)(Cl)c1ccccc1. The summed E-state index contributed by atoms with van der Waals surface area (Å²) in [6.45, 7) is 0. The predicted octanol–water partition coefficient (Wildman–Crippen LogP) is 1.64. The van der Waals surface area contributed by atoms with Gasteiger partial charge in [-0.3, -0.25) is 0 Å². The van der Waals surface area contributed by atoms with E-state index in [4.69, 9.17) is 23.2 Å². The smallest absolute Gasteiger partial charge is 0.102 e. The topological polar surface area (TPSA) is 0 Å². The van der Waals surface area contributed by atoms with Crippen LogP contribution in [-0.2, 0) is 3.96 Å². The van der Waals surface area contributed by atoms with E-state index in [1.807, 2.05) is 30.3 Å². The molecule has 0 saturated carbocycles. The van der Waals surface area contributed by atoms with E-state index in [9.17, 15) is 0 Å². The highest BCUT2D eigenvalue weighted by Crippen LogP contribution is 2.28. The molecule has 10 heavy (non-hydrogen) atoms. The second kappa shape index (κ2) is 2.95. The second-order valence-corrected chi connectivity index (χ2v) is 6.73. The Morgan fingerprint density at radius 2 is 1.60 bits per heavy atom. The molecule has 0 N–H and O–H groups in total. The lowest BCUT2D eigenvalue weighted by Gasteiger charge is -2.12. The van der Waals surface area contributed by atoms with Crippen LogP contribution in [0.5, 0.6) is 0 Å². The number of benzene rings is 1. The van der Waals surface area contributed by atoms with Crippen molar-refractivity contribution in [1.82, 2.24) is 0 Å². The summed E-state index contributed by atoms with van der Waals surface area (Å²) in [5, 5.41) is 0. The van der Waals surface area contributed by atoms with E-state index in [1.54, 1.807) is 0 Å². The number of halogens is 2. The largest absolute Gasteiger partial charge is 0.121 e. The Morgan fingerprint density at radius 1 is 1.10 bits per heavy atom. The number of hydrogen-bond acceptors (Lipinski definition) is 0. The van der Waals surface area contributed by atoms with Crippen molar-refractivity contribution < 1.29 is 0 Å². The number of alkyl halides is 2. The molecule has 0 fully saturated rings. The van der Waals surface area contributed by atoms with Crippen LogP contribution in [0.3, 0.4) is 0 Å². The average molecular weight is 191 g/mol. The first-order valence-electron chi connectivity index (χ1n) is 3.04. The first-order chi connectivity index (χ1) is 4.61. The first kappa shape index (κ1) is 8.12. The van der Waals surface area contributed by atoms with Crippen LogP contribution in [0.1, 0.15) is 5.56 Å². The molecule has 1 rings (SSSR count). The standard InChI is InChI=1S/C7H8Cl2Si/c8-7(9,10)6-4-2-1-3-5-6/h1-5H,10H3. The van der Waals surface area contributed by atoms with Gasteiger partial charge in [-0.2, -0.15) is 0 Å². The molecule has 0 aliphatic heterocycles. The summed E-state index contributed by atoms with van der Waals surface area (Å²) in [5.74, 6) is 0. The van der Waals surface area contributed by atoms with Crippen LogP contribution >= 0.6 is 23.2 Å². The Kier molecular flexibility index (Phi) is 2.39. The normalized spacial score (nSPS) is 11.8. The highest BCUT2D eigenvalue weighted by atomic mass is 35.5. The molecule has 0 saturated heterocycles.